The van der Waals surface area contributed by atoms with Gasteiger partial charge in [-0.15, -0.1) is 0 Å². The minimum absolute atomic E-state index is 0.202. The molecule has 0 spiro atoms. The normalized spacial score (nSPS) is 14.9. The molecule has 138 valence electrons. The molecule has 1 aromatic carbocycles. The van der Waals surface area contributed by atoms with Crippen LogP contribution in [0.5, 0.6) is 0 Å². The lowest BCUT2D eigenvalue weighted by molar-refractivity contribution is 0.102. The van der Waals surface area contributed by atoms with Crippen molar-refractivity contribution in [3.63, 3.8) is 0 Å². The van der Waals surface area contributed by atoms with E-state index in [0.29, 0.717) is 11.5 Å². The second-order valence-corrected chi connectivity index (χ2v) is 6.89. The van der Waals surface area contributed by atoms with Crippen LogP contribution in [0.2, 0.25) is 0 Å². The van der Waals surface area contributed by atoms with Crippen LogP contribution in [0.3, 0.4) is 0 Å². The molecule has 2 N–H and O–H groups in total. The Morgan fingerprint density at radius 3 is 2.42 bits per heavy atom. The summed E-state index contributed by atoms with van der Waals surface area (Å²) in [5.41, 5.74) is 2.43. The Balaban J connectivity index is 1.57. The SMILES string of the molecule is CCCNc1ncc(C(=O)Nc2ccc(N3CCC(C)CC3)cc2)cn1. The number of nitrogens with zero attached hydrogens (tertiary/aromatic N) is 3. The second kappa shape index (κ2) is 8.65. The van der Waals surface area contributed by atoms with E-state index in [1.165, 1.54) is 18.5 Å². The lowest BCUT2D eigenvalue weighted by Crippen LogP contribution is -2.32. The molecule has 1 amide bonds. The Hall–Kier alpha value is -2.63. The highest BCUT2D eigenvalue weighted by atomic mass is 16.1. The van der Waals surface area contributed by atoms with Crippen molar-refractivity contribution >= 4 is 23.2 Å². The van der Waals surface area contributed by atoms with E-state index in [-0.39, 0.29) is 5.91 Å². The van der Waals surface area contributed by atoms with Crippen LogP contribution in [0.4, 0.5) is 17.3 Å². The van der Waals surface area contributed by atoms with Crippen LogP contribution in [0.15, 0.2) is 36.7 Å². The molecule has 26 heavy (non-hydrogen) atoms. The standard InChI is InChI=1S/C20H27N5O/c1-3-10-21-20-22-13-16(14-23-20)19(26)24-17-4-6-18(7-5-17)25-11-8-15(2)9-12-25/h4-7,13-15H,3,8-12H2,1-2H3,(H,24,26)(H,21,22,23). The maximum absolute atomic E-state index is 12.3. The minimum Gasteiger partial charge on any atom is -0.372 e. The minimum atomic E-state index is -0.202. The van der Waals surface area contributed by atoms with Gasteiger partial charge in [0.1, 0.15) is 0 Å². The number of anilines is 3. The number of amides is 1. The van der Waals surface area contributed by atoms with Gasteiger partial charge in [0, 0.05) is 43.4 Å². The highest BCUT2D eigenvalue weighted by molar-refractivity contribution is 6.03. The summed E-state index contributed by atoms with van der Waals surface area (Å²) in [5.74, 6) is 1.16. The summed E-state index contributed by atoms with van der Waals surface area (Å²) in [6, 6.07) is 8.03. The molecule has 0 unspecified atom stereocenters. The van der Waals surface area contributed by atoms with Gasteiger partial charge in [0.2, 0.25) is 5.95 Å². The Morgan fingerprint density at radius 1 is 1.15 bits per heavy atom. The third-order valence-corrected chi connectivity index (χ3v) is 4.72. The Kier molecular flexibility index (Phi) is 6.04. The summed E-state index contributed by atoms with van der Waals surface area (Å²) in [4.78, 5) is 23.1. The van der Waals surface area contributed by atoms with Gasteiger partial charge in [0.05, 0.1) is 5.56 Å². The molecule has 6 heteroatoms. The fourth-order valence-corrected chi connectivity index (χ4v) is 3.00. The van der Waals surface area contributed by atoms with Crippen molar-refractivity contribution in [3.8, 4) is 0 Å². The maximum Gasteiger partial charge on any atom is 0.258 e. The average molecular weight is 353 g/mol. The van der Waals surface area contributed by atoms with Gasteiger partial charge in [-0.05, 0) is 49.4 Å². The zero-order valence-electron chi connectivity index (χ0n) is 15.5. The van der Waals surface area contributed by atoms with Crippen LogP contribution in [-0.2, 0) is 0 Å². The van der Waals surface area contributed by atoms with Gasteiger partial charge in [-0.3, -0.25) is 4.79 Å². The zero-order valence-corrected chi connectivity index (χ0v) is 15.5. The first kappa shape index (κ1) is 18.2. The molecular weight excluding hydrogens is 326 g/mol. The van der Waals surface area contributed by atoms with E-state index >= 15 is 0 Å². The summed E-state index contributed by atoms with van der Waals surface area (Å²) in [6.07, 6.45) is 6.56. The van der Waals surface area contributed by atoms with Crippen LogP contribution >= 0.6 is 0 Å². The summed E-state index contributed by atoms with van der Waals surface area (Å²) < 4.78 is 0. The molecule has 0 radical (unpaired) electrons. The van der Waals surface area contributed by atoms with Crippen molar-refractivity contribution in [3.05, 3.63) is 42.2 Å². The van der Waals surface area contributed by atoms with Crippen molar-refractivity contribution in [1.29, 1.82) is 0 Å². The zero-order chi connectivity index (χ0) is 18.4. The third kappa shape index (κ3) is 4.71. The number of rotatable bonds is 6. The summed E-state index contributed by atoms with van der Waals surface area (Å²) in [7, 11) is 0. The molecule has 0 saturated carbocycles. The quantitative estimate of drug-likeness (QED) is 0.827. The van der Waals surface area contributed by atoms with Crippen LogP contribution in [-0.4, -0.2) is 35.5 Å². The van der Waals surface area contributed by atoms with Crippen LogP contribution in [0.1, 0.15) is 43.5 Å². The topological polar surface area (TPSA) is 70.2 Å². The number of carbonyl (C=O) groups excluding carboxylic acids is 1. The van der Waals surface area contributed by atoms with Gasteiger partial charge in [-0.2, -0.15) is 0 Å². The van der Waals surface area contributed by atoms with E-state index in [0.717, 1.165) is 37.7 Å². The van der Waals surface area contributed by atoms with E-state index in [1.54, 1.807) is 12.4 Å². The molecule has 1 aromatic heterocycles. The molecule has 2 aromatic rings. The molecule has 1 aliphatic rings. The van der Waals surface area contributed by atoms with Gasteiger partial charge in [0.25, 0.3) is 5.91 Å². The van der Waals surface area contributed by atoms with Gasteiger partial charge >= 0.3 is 0 Å². The Labute approximate surface area is 155 Å². The first-order valence-corrected chi connectivity index (χ1v) is 9.38. The lowest BCUT2D eigenvalue weighted by atomic mass is 9.99. The van der Waals surface area contributed by atoms with E-state index in [9.17, 15) is 4.79 Å². The Bertz CT molecular complexity index is 706. The predicted molar refractivity (Wildman–Crippen MR) is 106 cm³/mol. The number of aromatic nitrogens is 2. The highest BCUT2D eigenvalue weighted by Gasteiger charge is 2.16. The van der Waals surface area contributed by atoms with Gasteiger partial charge in [-0.25, -0.2) is 9.97 Å². The summed E-state index contributed by atoms with van der Waals surface area (Å²) in [6.45, 7) is 7.40. The number of piperidine rings is 1. The predicted octanol–water partition coefficient (Wildman–Crippen LogP) is 3.79. The molecule has 1 aliphatic heterocycles. The number of hydrogen-bond acceptors (Lipinski definition) is 5. The number of nitrogens with one attached hydrogen (secondary N) is 2. The van der Waals surface area contributed by atoms with Crippen molar-refractivity contribution in [2.75, 3.05) is 35.2 Å². The highest BCUT2D eigenvalue weighted by Crippen LogP contribution is 2.24. The van der Waals surface area contributed by atoms with Gasteiger partial charge < -0.3 is 15.5 Å². The summed E-state index contributed by atoms with van der Waals surface area (Å²) >= 11 is 0. The fraction of sp³-hybridized carbons (Fsp3) is 0.450. The largest absolute Gasteiger partial charge is 0.372 e. The van der Waals surface area contributed by atoms with E-state index in [2.05, 4.69) is 51.5 Å². The first-order valence-electron chi connectivity index (χ1n) is 9.38. The number of hydrogen-bond donors (Lipinski definition) is 2. The molecule has 6 nitrogen and oxygen atoms in total. The molecule has 0 atom stereocenters. The average Bonchev–Trinajstić information content (AvgIpc) is 2.68. The van der Waals surface area contributed by atoms with Crippen molar-refractivity contribution < 1.29 is 4.79 Å². The van der Waals surface area contributed by atoms with E-state index < -0.39 is 0 Å². The number of benzene rings is 1. The molecule has 2 heterocycles. The third-order valence-electron chi connectivity index (χ3n) is 4.72. The lowest BCUT2D eigenvalue weighted by Gasteiger charge is -2.32. The van der Waals surface area contributed by atoms with Crippen LogP contribution in [0.25, 0.3) is 0 Å². The van der Waals surface area contributed by atoms with E-state index in [4.69, 9.17) is 0 Å². The molecule has 1 saturated heterocycles. The van der Waals surface area contributed by atoms with Crippen molar-refractivity contribution in [2.24, 2.45) is 5.92 Å². The van der Waals surface area contributed by atoms with Crippen molar-refractivity contribution in [1.82, 2.24) is 9.97 Å². The van der Waals surface area contributed by atoms with Crippen molar-refractivity contribution in [2.45, 2.75) is 33.1 Å². The molecule has 3 rings (SSSR count). The molecule has 1 fully saturated rings. The molecule has 0 bridgehead atoms. The summed E-state index contributed by atoms with van der Waals surface area (Å²) in [5, 5.41) is 5.99. The fourth-order valence-electron chi connectivity index (χ4n) is 3.00. The number of carbonyl (C=O) groups is 1. The Morgan fingerprint density at radius 2 is 1.81 bits per heavy atom. The maximum atomic E-state index is 12.3. The monoisotopic (exact) mass is 353 g/mol. The molecular formula is C20H27N5O. The van der Waals surface area contributed by atoms with Crippen LogP contribution < -0.4 is 15.5 Å². The van der Waals surface area contributed by atoms with Gasteiger partial charge in [0.15, 0.2) is 0 Å². The second-order valence-electron chi connectivity index (χ2n) is 6.89. The first-order chi connectivity index (χ1) is 12.7. The van der Waals surface area contributed by atoms with Crippen LogP contribution in [0, 0.1) is 5.92 Å². The molecule has 0 aliphatic carbocycles. The van der Waals surface area contributed by atoms with Gasteiger partial charge in [-0.1, -0.05) is 13.8 Å². The van der Waals surface area contributed by atoms with E-state index in [1.807, 2.05) is 12.1 Å². The smallest absolute Gasteiger partial charge is 0.258 e.